The fourth-order valence-electron chi connectivity index (χ4n) is 1.48. The van der Waals surface area contributed by atoms with E-state index in [0.29, 0.717) is 11.4 Å². The van der Waals surface area contributed by atoms with Gasteiger partial charge in [0.2, 0.25) is 0 Å². The van der Waals surface area contributed by atoms with Crippen molar-refractivity contribution in [3.63, 3.8) is 0 Å². The standard InChI is InChI=1S/C9H11N3O/c1-5-3-4-6-7(8(5)11-2)9(10)12-13-6/h3-4,11H,1-2H3,(H2,10,12). The molecule has 68 valence electrons. The molecule has 0 unspecified atom stereocenters. The Balaban J connectivity index is 2.88. The third kappa shape index (κ3) is 1.02. The lowest BCUT2D eigenvalue weighted by atomic mass is 10.1. The molecule has 0 amide bonds. The molecule has 1 heterocycles. The number of fused-ring (bicyclic) bond motifs is 1. The summed E-state index contributed by atoms with van der Waals surface area (Å²) in [6.07, 6.45) is 0. The normalized spacial score (nSPS) is 10.6. The highest BCUT2D eigenvalue weighted by Gasteiger charge is 2.10. The first-order valence-electron chi connectivity index (χ1n) is 4.06. The van der Waals surface area contributed by atoms with E-state index in [1.54, 1.807) is 0 Å². The topological polar surface area (TPSA) is 64.1 Å². The molecule has 1 aromatic heterocycles. The van der Waals surface area contributed by atoms with Gasteiger partial charge in [-0.1, -0.05) is 11.2 Å². The molecule has 3 N–H and O–H groups in total. The van der Waals surface area contributed by atoms with E-state index in [4.69, 9.17) is 10.3 Å². The number of nitrogens with two attached hydrogens (primary N) is 1. The summed E-state index contributed by atoms with van der Waals surface area (Å²) in [4.78, 5) is 0. The van der Waals surface area contributed by atoms with Crippen LogP contribution in [0.25, 0.3) is 11.0 Å². The predicted octanol–water partition coefficient (Wildman–Crippen LogP) is 1.76. The van der Waals surface area contributed by atoms with E-state index in [2.05, 4.69) is 10.5 Å². The maximum Gasteiger partial charge on any atom is 0.176 e. The highest BCUT2D eigenvalue weighted by molar-refractivity contribution is 5.99. The van der Waals surface area contributed by atoms with E-state index in [0.717, 1.165) is 16.6 Å². The average Bonchev–Trinajstić information content (AvgIpc) is 2.49. The third-order valence-corrected chi connectivity index (χ3v) is 2.12. The molecule has 0 fully saturated rings. The Labute approximate surface area is 75.7 Å². The van der Waals surface area contributed by atoms with Crippen molar-refractivity contribution in [1.29, 1.82) is 0 Å². The van der Waals surface area contributed by atoms with Gasteiger partial charge in [-0.3, -0.25) is 0 Å². The van der Waals surface area contributed by atoms with Gasteiger partial charge in [-0.15, -0.1) is 0 Å². The molecule has 0 spiro atoms. The molecule has 2 aromatic rings. The summed E-state index contributed by atoms with van der Waals surface area (Å²) in [6.45, 7) is 2.01. The molecule has 4 heteroatoms. The molecule has 13 heavy (non-hydrogen) atoms. The molecular formula is C9H11N3O. The maximum absolute atomic E-state index is 5.68. The summed E-state index contributed by atoms with van der Waals surface area (Å²) in [6, 6.07) is 3.84. The lowest BCUT2D eigenvalue weighted by molar-refractivity contribution is 0.460. The van der Waals surface area contributed by atoms with Crippen LogP contribution in [-0.2, 0) is 0 Å². The third-order valence-electron chi connectivity index (χ3n) is 2.12. The van der Waals surface area contributed by atoms with Crippen molar-refractivity contribution >= 4 is 22.5 Å². The van der Waals surface area contributed by atoms with Crippen LogP contribution >= 0.6 is 0 Å². The van der Waals surface area contributed by atoms with Gasteiger partial charge >= 0.3 is 0 Å². The van der Waals surface area contributed by atoms with Gasteiger partial charge in [-0.2, -0.15) is 0 Å². The number of nitrogens with zero attached hydrogens (tertiary/aromatic N) is 1. The van der Waals surface area contributed by atoms with Gasteiger partial charge in [0.25, 0.3) is 0 Å². The number of nitrogen functional groups attached to an aromatic ring is 1. The zero-order chi connectivity index (χ0) is 9.42. The zero-order valence-electron chi connectivity index (χ0n) is 7.59. The highest BCUT2D eigenvalue weighted by atomic mass is 16.5. The molecule has 0 radical (unpaired) electrons. The smallest absolute Gasteiger partial charge is 0.176 e. The van der Waals surface area contributed by atoms with Gasteiger partial charge in [0.05, 0.1) is 11.1 Å². The summed E-state index contributed by atoms with van der Waals surface area (Å²) >= 11 is 0. The number of aromatic nitrogens is 1. The first-order valence-corrected chi connectivity index (χ1v) is 4.06. The molecule has 2 rings (SSSR count). The molecule has 0 aliphatic heterocycles. The Hall–Kier alpha value is -1.71. The Bertz CT molecular complexity index is 447. The molecule has 0 saturated heterocycles. The minimum Gasteiger partial charge on any atom is -0.387 e. The quantitative estimate of drug-likeness (QED) is 0.696. The number of rotatable bonds is 1. The number of anilines is 2. The molecule has 1 aromatic carbocycles. The van der Waals surface area contributed by atoms with Crippen molar-refractivity contribution in [2.45, 2.75) is 6.92 Å². The monoisotopic (exact) mass is 177 g/mol. The summed E-state index contributed by atoms with van der Waals surface area (Å²) in [5, 5.41) is 7.66. The van der Waals surface area contributed by atoms with Crippen molar-refractivity contribution < 1.29 is 4.52 Å². The van der Waals surface area contributed by atoms with Crippen LogP contribution in [0.3, 0.4) is 0 Å². The van der Waals surface area contributed by atoms with Gasteiger partial charge in [0, 0.05) is 7.05 Å². The second-order valence-electron chi connectivity index (χ2n) is 2.95. The first kappa shape index (κ1) is 7.91. The minimum absolute atomic E-state index is 0.433. The summed E-state index contributed by atoms with van der Waals surface area (Å²) in [7, 11) is 1.86. The van der Waals surface area contributed by atoms with Crippen molar-refractivity contribution in [2.24, 2.45) is 0 Å². The summed E-state index contributed by atoms with van der Waals surface area (Å²) < 4.78 is 5.03. The Morgan fingerprint density at radius 1 is 1.46 bits per heavy atom. The van der Waals surface area contributed by atoms with Gasteiger partial charge in [0.15, 0.2) is 11.4 Å². The van der Waals surface area contributed by atoms with Gasteiger partial charge < -0.3 is 15.6 Å². The highest BCUT2D eigenvalue weighted by Crippen LogP contribution is 2.30. The molecule has 4 nitrogen and oxygen atoms in total. The predicted molar refractivity (Wildman–Crippen MR) is 52.7 cm³/mol. The van der Waals surface area contributed by atoms with Crippen LogP contribution in [0.1, 0.15) is 5.56 Å². The Morgan fingerprint density at radius 3 is 2.92 bits per heavy atom. The van der Waals surface area contributed by atoms with E-state index in [-0.39, 0.29) is 0 Å². The first-order chi connectivity index (χ1) is 6.24. The Morgan fingerprint density at radius 2 is 2.23 bits per heavy atom. The second-order valence-corrected chi connectivity index (χ2v) is 2.95. The van der Waals surface area contributed by atoms with Gasteiger partial charge in [0.1, 0.15) is 0 Å². The Kier molecular flexibility index (Phi) is 1.62. The van der Waals surface area contributed by atoms with Crippen molar-refractivity contribution in [1.82, 2.24) is 5.16 Å². The van der Waals surface area contributed by atoms with Crippen LogP contribution in [0, 0.1) is 6.92 Å². The van der Waals surface area contributed by atoms with E-state index < -0.39 is 0 Å². The lowest BCUT2D eigenvalue weighted by Gasteiger charge is -2.04. The van der Waals surface area contributed by atoms with Crippen molar-refractivity contribution in [3.05, 3.63) is 17.7 Å². The number of aryl methyl sites for hydroxylation is 1. The van der Waals surface area contributed by atoms with Gasteiger partial charge in [-0.05, 0) is 18.6 Å². The molecule has 0 aliphatic rings. The summed E-state index contributed by atoms with van der Waals surface area (Å²) in [5.74, 6) is 0.433. The number of hydrogen-bond donors (Lipinski definition) is 2. The maximum atomic E-state index is 5.68. The van der Waals surface area contributed by atoms with Crippen LogP contribution < -0.4 is 11.1 Å². The van der Waals surface area contributed by atoms with E-state index in [1.165, 1.54) is 0 Å². The van der Waals surface area contributed by atoms with E-state index in [1.807, 2.05) is 26.1 Å². The van der Waals surface area contributed by atoms with E-state index in [9.17, 15) is 0 Å². The second kappa shape index (κ2) is 2.65. The van der Waals surface area contributed by atoms with Crippen LogP contribution in [0.2, 0.25) is 0 Å². The summed E-state index contributed by atoms with van der Waals surface area (Å²) in [5.41, 5.74) is 8.50. The minimum atomic E-state index is 0.433. The van der Waals surface area contributed by atoms with Crippen LogP contribution in [0.5, 0.6) is 0 Å². The number of nitrogens with one attached hydrogen (secondary N) is 1. The molecule has 0 saturated carbocycles. The SMILES string of the molecule is CNc1c(C)ccc2onc(N)c12. The fourth-order valence-corrected chi connectivity index (χ4v) is 1.48. The molecule has 0 bridgehead atoms. The molecule has 0 aliphatic carbocycles. The van der Waals surface area contributed by atoms with E-state index >= 15 is 0 Å². The largest absolute Gasteiger partial charge is 0.387 e. The number of hydrogen-bond acceptors (Lipinski definition) is 4. The molecular weight excluding hydrogens is 166 g/mol. The van der Waals surface area contributed by atoms with Crippen LogP contribution in [-0.4, -0.2) is 12.2 Å². The zero-order valence-corrected chi connectivity index (χ0v) is 7.59. The molecule has 0 atom stereocenters. The van der Waals surface area contributed by atoms with Crippen molar-refractivity contribution in [2.75, 3.05) is 18.1 Å². The average molecular weight is 177 g/mol. The van der Waals surface area contributed by atoms with Crippen molar-refractivity contribution in [3.8, 4) is 0 Å². The fraction of sp³-hybridized carbons (Fsp3) is 0.222. The lowest BCUT2D eigenvalue weighted by Crippen LogP contribution is -1.94. The van der Waals surface area contributed by atoms with Crippen LogP contribution in [0.4, 0.5) is 11.5 Å². The number of benzene rings is 1. The van der Waals surface area contributed by atoms with Crippen LogP contribution in [0.15, 0.2) is 16.7 Å². The van der Waals surface area contributed by atoms with Gasteiger partial charge in [-0.25, -0.2) is 0 Å².